The summed E-state index contributed by atoms with van der Waals surface area (Å²) in [4.78, 5) is 4.18. The number of nitrogens with zero attached hydrogens (tertiary/aromatic N) is 2. The summed E-state index contributed by atoms with van der Waals surface area (Å²) in [6, 6.07) is 14.1. The van der Waals surface area contributed by atoms with E-state index >= 15 is 0 Å². The lowest BCUT2D eigenvalue weighted by atomic mass is 10.2. The molecule has 0 N–H and O–H groups in total. The maximum absolute atomic E-state index is 4.18. The largest absolute Gasteiger partial charge is 0.256 e. The van der Waals surface area contributed by atoms with Gasteiger partial charge in [-0.05, 0) is 36.7 Å². The van der Waals surface area contributed by atoms with Crippen molar-refractivity contribution in [1.29, 1.82) is 0 Å². The van der Waals surface area contributed by atoms with Crippen LogP contribution < -0.4 is 0 Å². The molecule has 0 radical (unpaired) electrons. The Morgan fingerprint density at radius 3 is 2.44 bits per heavy atom. The van der Waals surface area contributed by atoms with Gasteiger partial charge in [-0.2, -0.15) is 4.37 Å². The summed E-state index contributed by atoms with van der Waals surface area (Å²) < 4.78 is 3.96. The van der Waals surface area contributed by atoms with E-state index in [9.17, 15) is 0 Å². The van der Waals surface area contributed by atoms with Crippen molar-refractivity contribution < 1.29 is 0 Å². The van der Waals surface area contributed by atoms with Gasteiger partial charge in [-0.3, -0.25) is 4.98 Å². The van der Waals surface area contributed by atoms with E-state index in [1.54, 1.807) is 0 Å². The number of fused-ring (bicyclic) bond motifs is 1. The molecule has 1 aromatic carbocycles. The lowest BCUT2D eigenvalue weighted by molar-refractivity contribution is 1.35. The van der Waals surface area contributed by atoms with Gasteiger partial charge in [-0.15, -0.1) is 0 Å². The van der Waals surface area contributed by atoms with Crippen LogP contribution in [0.3, 0.4) is 0 Å². The Labute approximate surface area is 98.8 Å². The molecule has 80 valence electrons. The highest BCUT2D eigenvalue weighted by atomic mass is 32.1. The van der Waals surface area contributed by atoms with Crippen LogP contribution in [0.4, 0.5) is 0 Å². The molecule has 0 aliphatic rings. The fourth-order valence-electron chi connectivity index (χ4n) is 1.29. The minimum absolute atomic E-state index is 1.06. The molecule has 0 amide bonds. The Hall–Kier alpha value is -1.74. The molecule has 0 saturated heterocycles. The molecule has 16 heavy (non-hydrogen) atoms. The summed E-state index contributed by atoms with van der Waals surface area (Å²) in [6.45, 7) is 1.98. The fraction of sp³-hybridized carbons (Fsp3) is 0.0769. The molecule has 0 unspecified atom stereocenters. The Morgan fingerprint density at radius 1 is 1.00 bits per heavy atom. The molecule has 3 rings (SSSR count). The highest BCUT2D eigenvalue weighted by Gasteiger charge is 1.86. The van der Waals surface area contributed by atoms with E-state index in [0.29, 0.717) is 0 Å². The quantitative estimate of drug-likeness (QED) is 0.586. The minimum Gasteiger partial charge on any atom is -0.256 e. The third-order valence-electron chi connectivity index (χ3n) is 2.08. The number of pyridine rings is 1. The SMILES string of the molecule is Cc1ccsn1.c1ccc2ncccc2c1. The van der Waals surface area contributed by atoms with E-state index < -0.39 is 0 Å². The number of aryl methyl sites for hydroxylation is 1. The zero-order valence-corrected chi connectivity index (χ0v) is 9.82. The van der Waals surface area contributed by atoms with E-state index in [1.165, 1.54) is 16.9 Å². The van der Waals surface area contributed by atoms with E-state index in [2.05, 4.69) is 21.5 Å². The van der Waals surface area contributed by atoms with E-state index in [1.807, 2.05) is 48.8 Å². The van der Waals surface area contributed by atoms with Crippen LogP contribution in [0.1, 0.15) is 5.69 Å². The van der Waals surface area contributed by atoms with Crippen molar-refractivity contribution in [3.8, 4) is 0 Å². The number of aromatic nitrogens is 2. The summed E-state index contributed by atoms with van der Waals surface area (Å²) >= 11 is 1.49. The molecule has 3 aromatic rings. The lowest BCUT2D eigenvalue weighted by Crippen LogP contribution is -1.73. The van der Waals surface area contributed by atoms with Gasteiger partial charge in [0.25, 0.3) is 0 Å². The second kappa shape index (κ2) is 5.37. The Balaban J connectivity index is 0.000000138. The molecule has 2 nitrogen and oxygen atoms in total. The summed E-state index contributed by atoms with van der Waals surface area (Å²) in [5.41, 5.74) is 2.17. The molecule has 0 aliphatic heterocycles. The zero-order chi connectivity index (χ0) is 11.2. The van der Waals surface area contributed by atoms with Crippen LogP contribution in [0.25, 0.3) is 10.9 Å². The van der Waals surface area contributed by atoms with Crippen LogP contribution in [0.5, 0.6) is 0 Å². The third kappa shape index (κ3) is 2.87. The smallest absolute Gasteiger partial charge is 0.0701 e. The average molecular weight is 228 g/mol. The molecular formula is C13H12N2S. The van der Waals surface area contributed by atoms with Crippen LogP contribution in [0.15, 0.2) is 54.0 Å². The van der Waals surface area contributed by atoms with Crippen molar-refractivity contribution in [3.05, 3.63) is 59.7 Å². The van der Waals surface area contributed by atoms with Gasteiger partial charge in [0.1, 0.15) is 0 Å². The van der Waals surface area contributed by atoms with Crippen LogP contribution >= 0.6 is 11.5 Å². The first kappa shape index (κ1) is 10.8. The number of hydrogen-bond donors (Lipinski definition) is 0. The summed E-state index contributed by atoms with van der Waals surface area (Å²) in [5, 5.41) is 3.17. The van der Waals surface area contributed by atoms with Gasteiger partial charge in [0.15, 0.2) is 0 Å². The normalized spacial score (nSPS) is 9.56. The van der Waals surface area contributed by atoms with Crippen LogP contribution in [0, 0.1) is 6.92 Å². The molecule has 3 heteroatoms. The first-order chi connectivity index (χ1) is 7.86. The monoisotopic (exact) mass is 228 g/mol. The van der Waals surface area contributed by atoms with Crippen LogP contribution in [0.2, 0.25) is 0 Å². The number of benzene rings is 1. The second-order valence-electron chi connectivity index (χ2n) is 3.34. The van der Waals surface area contributed by atoms with Gasteiger partial charge in [-0.1, -0.05) is 24.3 Å². The molecule has 0 aliphatic carbocycles. The highest BCUT2D eigenvalue weighted by Crippen LogP contribution is 2.07. The second-order valence-corrected chi connectivity index (χ2v) is 4.00. The maximum Gasteiger partial charge on any atom is 0.0701 e. The van der Waals surface area contributed by atoms with Gasteiger partial charge in [0, 0.05) is 17.0 Å². The molecule has 0 bridgehead atoms. The van der Waals surface area contributed by atoms with Gasteiger partial charge in [0.05, 0.1) is 11.2 Å². The molecule has 2 heterocycles. The van der Waals surface area contributed by atoms with E-state index in [-0.39, 0.29) is 0 Å². The molecular weight excluding hydrogens is 216 g/mol. The van der Waals surface area contributed by atoms with Gasteiger partial charge < -0.3 is 0 Å². The summed E-state index contributed by atoms with van der Waals surface area (Å²) in [5.74, 6) is 0. The zero-order valence-electron chi connectivity index (χ0n) is 9.00. The molecule has 0 spiro atoms. The molecule has 2 aromatic heterocycles. The van der Waals surface area contributed by atoms with Gasteiger partial charge in [0.2, 0.25) is 0 Å². The first-order valence-corrected chi connectivity index (χ1v) is 5.86. The fourth-order valence-corrected chi connectivity index (χ4v) is 1.83. The van der Waals surface area contributed by atoms with E-state index in [0.717, 1.165) is 11.2 Å². The minimum atomic E-state index is 1.06. The van der Waals surface area contributed by atoms with Crippen molar-refractivity contribution in [2.45, 2.75) is 6.92 Å². The Morgan fingerprint density at radius 2 is 1.81 bits per heavy atom. The number of rotatable bonds is 0. The van der Waals surface area contributed by atoms with Crippen molar-refractivity contribution in [2.75, 3.05) is 0 Å². The van der Waals surface area contributed by atoms with Crippen LogP contribution in [-0.2, 0) is 0 Å². The van der Waals surface area contributed by atoms with Crippen molar-refractivity contribution >= 4 is 22.4 Å². The van der Waals surface area contributed by atoms with Crippen molar-refractivity contribution in [3.63, 3.8) is 0 Å². The predicted molar refractivity (Wildman–Crippen MR) is 68.6 cm³/mol. The summed E-state index contributed by atoms with van der Waals surface area (Å²) in [7, 11) is 0. The maximum atomic E-state index is 4.18. The Bertz CT molecular complexity index is 481. The van der Waals surface area contributed by atoms with Gasteiger partial charge in [-0.25, -0.2) is 0 Å². The number of para-hydroxylation sites is 1. The average Bonchev–Trinajstić information content (AvgIpc) is 2.81. The van der Waals surface area contributed by atoms with Gasteiger partial charge >= 0.3 is 0 Å². The standard InChI is InChI=1S/C9H7N.C4H5NS/c1-2-6-9-8(4-1)5-3-7-10-9;1-4-2-3-6-5-4/h1-7H;2-3H,1H3. The topological polar surface area (TPSA) is 25.8 Å². The van der Waals surface area contributed by atoms with Crippen LogP contribution in [-0.4, -0.2) is 9.36 Å². The van der Waals surface area contributed by atoms with E-state index in [4.69, 9.17) is 0 Å². The third-order valence-corrected chi connectivity index (χ3v) is 2.73. The predicted octanol–water partition coefficient (Wildman–Crippen LogP) is 3.69. The first-order valence-electron chi connectivity index (χ1n) is 5.03. The number of hydrogen-bond acceptors (Lipinski definition) is 3. The summed E-state index contributed by atoms with van der Waals surface area (Å²) in [6.07, 6.45) is 1.81. The molecule has 0 atom stereocenters. The molecule has 0 saturated carbocycles. The highest BCUT2D eigenvalue weighted by molar-refractivity contribution is 7.03. The lowest BCUT2D eigenvalue weighted by Gasteiger charge is -1.91. The van der Waals surface area contributed by atoms with Crippen molar-refractivity contribution in [1.82, 2.24) is 9.36 Å². The molecule has 0 fully saturated rings. The van der Waals surface area contributed by atoms with Crippen molar-refractivity contribution in [2.24, 2.45) is 0 Å². The Kier molecular flexibility index (Phi) is 3.62.